The second-order valence-corrected chi connectivity index (χ2v) is 10.2. The van der Waals surface area contributed by atoms with E-state index in [2.05, 4.69) is 55.8 Å². The van der Waals surface area contributed by atoms with Gasteiger partial charge in [-0.25, -0.2) is 9.38 Å². The predicted molar refractivity (Wildman–Crippen MR) is 144 cm³/mol. The molecular weight excluding hydrogens is 618 g/mol. The molecule has 3 aromatic carbocycles. The van der Waals surface area contributed by atoms with Crippen molar-refractivity contribution in [3.63, 3.8) is 0 Å². The number of rotatable bonds is 6. The molecule has 1 saturated heterocycles. The predicted octanol–water partition coefficient (Wildman–Crippen LogP) is 7.23. The minimum Gasteiger partial charge on any atom is -0.486 e. The second kappa shape index (κ2) is 10.8. The van der Waals surface area contributed by atoms with Crippen LogP contribution in [0.2, 0.25) is 0 Å². The average Bonchev–Trinajstić information content (AvgIpc) is 3.13. The first-order chi connectivity index (χ1) is 15.9. The summed E-state index contributed by atoms with van der Waals surface area (Å²) in [6, 6.07) is 18.3. The Morgan fingerprint density at radius 2 is 1.94 bits per heavy atom. The SMILES string of the molecule is CCc1ccc(N=C2NC(=O)/C(=C/c3cc(Br)c(OCc4ccccc4F)c(I)c3)S2)cc1. The standard InChI is InChI=1S/C25H19BrFIN2O2S/c1-2-15-7-9-18(10-8-15)29-25-30-24(31)22(33-25)13-16-11-19(26)23(21(28)12-16)32-14-17-5-3-4-6-20(17)27/h3-13H,2,14H2,1H3,(H,29,30,31)/b22-13-. The number of thioether (sulfide) groups is 1. The van der Waals surface area contributed by atoms with E-state index >= 15 is 0 Å². The molecule has 8 heteroatoms. The van der Waals surface area contributed by atoms with Gasteiger partial charge < -0.3 is 10.1 Å². The molecule has 4 nitrogen and oxygen atoms in total. The van der Waals surface area contributed by atoms with Crippen LogP contribution < -0.4 is 10.1 Å². The van der Waals surface area contributed by atoms with Gasteiger partial charge >= 0.3 is 0 Å². The largest absolute Gasteiger partial charge is 0.486 e. The van der Waals surface area contributed by atoms with E-state index < -0.39 is 0 Å². The number of halogens is 3. The van der Waals surface area contributed by atoms with Crippen LogP contribution in [0.15, 0.2) is 75.0 Å². The summed E-state index contributed by atoms with van der Waals surface area (Å²) < 4.78 is 21.3. The van der Waals surface area contributed by atoms with Crippen molar-refractivity contribution < 1.29 is 13.9 Å². The van der Waals surface area contributed by atoms with E-state index in [1.54, 1.807) is 18.2 Å². The third-order valence-electron chi connectivity index (χ3n) is 4.87. The Bertz CT molecular complexity index is 1240. The van der Waals surface area contributed by atoms with Gasteiger partial charge in [0.1, 0.15) is 18.2 Å². The van der Waals surface area contributed by atoms with Crippen molar-refractivity contribution >= 4 is 73.1 Å². The monoisotopic (exact) mass is 636 g/mol. The Morgan fingerprint density at radius 1 is 1.18 bits per heavy atom. The lowest BCUT2D eigenvalue weighted by molar-refractivity contribution is -0.115. The molecule has 168 valence electrons. The fourth-order valence-corrected chi connectivity index (χ4v) is 5.73. The molecule has 0 unspecified atom stereocenters. The molecule has 0 bridgehead atoms. The van der Waals surface area contributed by atoms with E-state index in [1.165, 1.54) is 23.4 Å². The zero-order valence-electron chi connectivity index (χ0n) is 17.6. The third kappa shape index (κ3) is 6.04. The Labute approximate surface area is 218 Å². The number of hydrogen-bond donors (Lipinski definition) is 1. The summed E-state index contributed by atoms with van der Waals surface area (Å²) in [6.07, 6.45) is 2.78. The van der Waals surface area contributed by atoms with Crippen molar-refractivity contribution in [3.05, 3.63) is 96.1 Å². The van der Waals surface area contributed by atoms with E-state index in [-0.39, 0.29) is 18.3 Å². The maximum absolute atomic E-state index is 13.9. The summed E-state index contributed by atoms with van der Waals surface area (Å²) in [5, 5.41) is 3.37. The van der Waals surface area contributed by atoms with Gasteiger partial charge in [0.25, 0.3) is 5.91 Å². The van der Waals surface area contributed by atoms with Crippen LogP contribution in [0.25, 0.3) is 6.08 Å². The second-order valence-electron chi connectivity index (χ2n) is 7.20. The molecule has 1 N–H and O–H groups in total. The number of ether oxygens (including phenoxy) is 1. The normalized spacial score (nSPS) is 15.8. The van der Waals surface area contributed by atoms with E-state index in [9.17, 15) is 9.18 Å². The van der Waals surface area contributed by atoms with Crippen molar-refractivity contribution in [1.29, 1.82) is 0 Å². The molecule has 1 heterocycles. The Hall–Kier alpha value is -2.17. The molecule has 0 radical (unpaired) electrons. The van der Waals surface area contributed by atoms with Gasteiger partial charge in [0.05, 0.1) is 18.6 Å². The first-order valence-corrected chi connectivity index (χ1v) is 12.9. The van der Waals surface area contributed by atoms with Gasteiger partial charge in [-0.1, -0.05) is 37.3 Å². The van der Waals surface area contributed by atoms with Crippen molar-refractivity contribution in [2.24, 2.45) is 4.99 Å². The molecule has 0 saturated carbocycles. The third-order valence-corrected chi connectivity index (χ3v) is 7.17. The Kier molecular flexibility index (Phi) is 7.87. The van der Waals surface area contributed by atoms with Crippen LogP contribution in [-0.4, -0.2) is 11.1 Å². The molecule has 0 atom stereocenters. The molecule has 3 aromatic rings. The van der Waals surface area contributed by atoms with Crippen LogP contribution >= 0.6 is 50.3 Å². The first-order valence-electron chi connectivity index (χ1n) is 10.2. The number of amidine groups is 1. The highest BCUT2D eigenvalue weighted by Crippen LogP contribution is 2.35. The van der Waals surface area contributed by atoms with E-state index in [4.69, 9.17) is 4.74 Å². The smallest absolute Gasteiger partial charge is 0.264 e. The number of carbonyl (C=O) groups is 1. The fourth-order valence-electron chi connectivity index (χ4n) is 3.12. The number of aryl methyl sites for hydroxylation is 1. The molecule has 1 fully saturated rings. The topological polar surface area (TPSA) is 50.7 Å². The molecule has 33 heavy (non-hydrogen) atoms. The lowest BCUT2D eigenvalue weighted by Crippen LogP contribution is -2.19. The van der Waals surface area contributed by atoms with Gasteiger partial charge in [-0.05, 0) is 104 Å². The summed E-state index contributed by atoms with van der Waals surface area (Å²) in [5.74, 6) is 0.144. The highest BCUT2D eigenvalue weighted by atomic mass is 127. The molecule has 0 aliphatic carbocycles. The zero-order chi connectivity index (χ0) is 23.4. The van der Waals surface area contributed by atoms with Crippen LogP contribution in [0.1, 0.15) is 23.6 Å². The maximum atomic E-state index is 13.9. The van der Waals surface area contributed by atoms with Gasteiger partial charge in [-0.15, -0.1) is 0 Å². The van der Waals surface area contributed by atoms with Crippen LogP contribution in [0, 0.1) is 9.39 Å². The fraction of sp³-hybridized carbons (Fsp3) is 0.120. The first kappa shape index (κ1) is 24.0. The number of benzene rings is 3. The van der Waals surface area contributed by atoms with Crippen LogP contribution in [0.4, 0.5) is 10.1 Å². The van der Waals surface area contributed by atoms with Crippen LogP contribution in [-0.2, 0) is 17.8 Å². The maximum Gasteiger partial charge on any atom is 0.264 e. The molecule has 4 rings (SSSR count). The number of amides is 1. The lowest BCUT2D eigenvalue weighted by atomic mass is 10.2. The van der Waals surface area contributed by atoms with E-state index in [0.717, 1.165) is 25.7 Å². The minimum absolute atomic E-state index is 0.124. The summed E-state index contributed by atoms with van der Waals surface area (Å²) >= 11 is 7.01. The summed E-state index contributed by atoms with van der Waals surface area (Å²) in [5.41, 5.74) is 3.37. The van der Waals surface area contributed by atoms with Crippen molar-refractivity contribution in [2.75, 3.05) is 0 Å². The Balaban J connectivity index is 1.49. The lowest BCUT2D eigenvalue weighted by Gasteiger charge is -2.12. The van der Waals surface area contributed by atoms with E-state index in [0.29, 0.717) is 21.4 Å². The van der Waals surface area contributed by atoms with Crippen molar-refractivity contribution in [1.82, 2.24) is 5.32 Å². The number of nitrogens with one attached hydrogen (secondary N) is 1. The molecule has 1 aliphatic rings. The Morgan fingerprint density at radius 3 is 2.64 bits per heavy atom. The average molecular weight is 637 g/mol. The number of hydrogen-bond acceptors (Lipinski definition) is 4. The van der Waals surface area contributed by atoms with Crippen LogP contribution in [0.5, 0.6) is 5.75 Å². The molecule has 0 spiro atoms. The van der Waals surface area contributed by atoms with Gasteiger partial charge in [0.15, 0.2) is 5.17 Å². The highest BCUT2D eigenvalue weighted by molar-refractivity contribution is 14.1. The van der Waals surface area contributed by atoms with Gasteiger partial charge in [0, 0.05) is 5.56 Å². The number of carbonyl (C=O) groups excluding carboxylic acids is 1. The van der Waals surface area contributed by atoms with Crippen LogP contribution in [0.3, 0.4) is 0 Å². The number of aliphatic imine (C=N–C) groups is 1. The summed E-state index contributed by atoms with van der Waals surface area (Å²) in [7, 11) is 0. The number of nitrogens with zero attached hydrogens (tertiary/aromatic N) is 1. The summed E-state index contributed by atoms with van der Waals surface area (Å²) in [4.78, 5) is 17.5. The molecule has 0 aromatic heterocycles. The zero-order valence-corrected chi connectivity index (χ0v) is 22.1. The van der Waals surface area contributed by atoms with E-state index in [1.807, 2.05) is 42.5 Å². The van der Waals surface area contributed by atoms with Crippen molar-refractivity contribution in [3.8, 4) is 5.75 Å². The van der Waals surface area contributed by atoms with Gasteiger partial charge in [-0.2, -0.15) is 0 Å². The van der Waals surface area contributed by atoms with Gasteiger partial charge in [-0.3, -0.25) is 4.79 Å². The van der Waals surface area contributed by atoms with Crippen molar-refractivity contribution in [2.45, 2.75) is 20.0 Å². The molecular formula is C25H19BrFIN2O2S. The summed E-state index contributed by atoms with van der Waals surface area (Å²) in [6.45, 7) is 2.23. The van der Waals surface area contributed by atoms with Gasteiger partial charge in [0.2, 0.25) is 0 Å². The quantitative estimate of drug-likeness (QED) is 0.230. The minimum atomic E-state index is -0.298. The highest BCUT2D eigenvalue weighted by Gasteiger charge is 2.24. The molecule has 1 aliphatic heterocycles. The molecule has 1 amide bonds.